The second-order valence-electron chi connectivity index (χ2n) is 9.21. The van der Waals surface area contributed by atoms with Crippen molar-refractivity contribution in [1.82, 2.24) is 10.3 Å². The molecular formula is C27H29N5O3. The fourth-order valence-corrected chi connectivity index (χ4v) is 3.94. The summed E-state index contributed by atoms with van der Waals surface area (Å²) in [6.07, 6.45) is 5.05. The van der Waals surface area contributed by atoms with Crippen LogP contribution in [-0.2, 0) is 11.3 Å². The molecule has 2 atom stereocenters. The van der Waals surface area contributed by atoms with Gasteiger partial charge in [0.05, 0.1) is 11.4 Å². The van der Waals surface area contributed by atoms with Crippen molar-refractivity contribution in [3.05, 3.63) is 83.7 Å². The number of hydrogen-bond acceptors (Lipinski definition) is 6. The quantitative estimate of drug-likeness (QED) is 0.341. The van der Waals surface area contributed by atoms with Crippen LogP contribution in [0.15, 0.2) is 66.9 Å². The molecule has 5 N–H and O–H groups in total. The Morgan fingerprint density at radius 2 is 1.80 bits per heavy atom. The number of anilines is 3. The number of para-hydroxylation sites is 2. The Labute approximate surface area is 204 Å². The van der Waals surface area contributed by atoms with Gasteiger partial charge in [-0.15, -0.1) is 0 Å². The molecule has 2 aromatic carbocycles. The molecule has 0 spiro atoms. The van der Waals surface area contributed by atoms with Crippen LogP contribution in [0.5, 0.6) is 0 Å². The van der Waals surface area contributed by atoms with Crippen molar-refractivity contribution >= 4 is 29.1 Å². The summed E-state index contributed by atoms with van der Waals surface area (Å²) < 4.78 is 5.32. The van der Waals surface area contributed by atoms with Crippen molar-refractivity contribution in [2.24, 2.45) is 5.92 Å². The van der Waals surface area contributed by atoms with E-state index >= 15 is 0 Å². The Hall–Kier alpha value is -3.91. The average Bonchev–Trinajstić information content (AvgIpc) is 3.79. The van der Waals surface area contributed by atoms with Gasteiger partial charge in [0, 0.05) is 40.7 Å². The van der Waals surface area contributed by atoms with Crippen LogP contribution in [0, 0.1) is 5.92 Å². The lowest BCUT2D eigenvalue weighted by molar-refractivity contribution is 0.102. The number of ether oxygens (including phenoxy) is 1. The smallest absolute Gasteiger partial charge is 0.411 e. The zero-order valence-corrected chi connectivity index (χ0v) is 19.4. The summed E-state index contributed by atoms with van der Waals surface area (Å²) in [7, 11) is 0. The van der Waals surface area contributed by atoms with Crippen molar-refractivity contribution in [3.63, 3.8) is 0 Å². The molecular weight excluding hydrogens is 442 g/mol. The van der Waals surface area contributed by atoms with Crippen LogP contribution < -0.4 is 21.7 Å². The molecule has 180 valence electrons. The fourth-order valence-electron chi connectivity index (χ4n) is 3.94. The lowest BCUT2D eigenvalue weighted by atomic mass is 10.2. The normalized spacial score (nSPS) is 18.5. The summed E-state index contributed by atoms with van der Waals surface area (Å²) in [4.78, 5) is 29.2. The molecule has 2 aliphatic carbocycles. The van der Waals surface area contributed by atoms with Gasteiger partial charge in [-0.2, -0.15) is 0 Å². The summed E-state index contributed by atoms with van der Waals surface area (Å²) >= 11 is 0. The molecule has 0 saturated heterocycles. The number of nitrogens with one attached hydrogen (secondary N) is 3. The first-order valence-corrected chi connectivity index (χ1v) is 11.9. The Morgan fingerprint density at radius 3 is 2.51 bits per heavy atom. The predicted molar refractivity (Wildman–Crippen MR) is 135 cm³/mol. The van der Waals surface area contributed by atoms with Crippen LogP contribution in [0.4, 0.5) is 21.9 Å². The topological polar surface area (TPSA) is 118 Å². The van der Waals surface area contributed by atoms with Gasteiger partial charge in [0.15, 0.2) is 0 Å². The molecule has 2 saturated carbocycles. The van der Waals surface area contributed by atoms with Gasteiger partial charge in [0.1, 0.15) is 6.61 Å². The van der Waals surface area contributed by atoms with Crippen LogP contribution in [0.3, 0.4) is 0 Å². The van der Waals surface area contributed by atoms with E-state index in [1.165, 1.54) is 12.8 Å². The highest BCUT2D eigenvalue weighted by atomic mass is 16.5. The highest BCUT2D eigenvalue weighted by Crippen LogP contribution is 2.40. The van der Waals surface area contributed by atoms with E-state index in [0.29, 0.717) is 34.6 Å². The first kappa shape index (κ1) is 22.9. The number of benzene rings is 2. The van der Waals surface area contributed by atoms with Crippen molar-refractivity contribution in [3.8, 4) is 0 Å². The van der Waals surface area contributed by atoms with Gasteiger partial charge in [-0.05, 0) is 74.2 Å². The molecule has 0 bridgehead atoms. The first-order valence-electron chi connectivity index (χ1n) is 11.9. The van der Waals surface area contributed by atoms with Gasteiger partial charge < -0.3 is 21.1 Å². The Morgan fingerprint density at radius 1 is 1.00 bits per heavy atom. The van der Waals surface area contributed by atoms with E-state index in [2.05, 4.69) is 20.9 Å². The molecule has 3 aromatic rings. The minimum Gasteiger partial charge on any atom is -0.444 e. The number of nitrogen functional groups attached to an aromatic ring is 1. The second-order valence-corrected chi connectivity index (χ2v) is 9.21. The maximum absolute atomic E-state index is 12.4. The van der Waals surface area contributed by atoms with E-state index in [9.17, 15) is 9.59 Å². The van der Waals surface area contributed by atoms with Crippen molar-refractivity contribution < 1.29 is 14.3 Å². The molecule has 0 radical (unpaired) electrons. The molecule has 35 heavy (non-hydrogen) atoms. The highest BCUT2D eigenvalue weighted by Gasteiger charge is 2.39. The molecule has 8 nitrogen and oxygen atoms in total. The van der Waals surface area contributed by atoms with E-state index in [1.54, 1.807) is 54.7 Å². The number of amides is 2. The molecule has 2 fully saturated rings. The Balaban J connectivity index is 1.06. The highest BCUT2D eigenvalue weighted by molar-refractivity contribution is 6.06. The van der Waals surface area contributed by atoms with Gasteiger partial charge >= 0.3 is 6.09 Å². The predicted octanol–water partition coefficient (Wildman–Crippen LogP) is 4.52. The van der Waals surface area contributed by atoms with Crippen LogP contribution in [-0.4, -0.2) is 29.6 Å². The number of rotatable bonds is 9. The van der Waals surface area contributed by atoms with Crippen LogP contribution in [0.25, 0.3) is 0 Å². The van der Waals surface area contributed by atoms with Gasteiger partial charge in [0.25, 0.3) is 5.91 Å². The zero-order chi connectivity index (χ0) is 24.2. The lowest BCUT2D eigenvalue weighted by Gasteiger charge is -2.10. The average molecular weight is 472 g/mol. The van der Waals surface area contributed by atoms with Gasteiger partial charge in [-0.1, -0.05) is 18.2 Å². The zero-order valence-electron chi connectivity index (χ0n) is 19.4. The third-order valence-electron chi connectivity index (χ3n) is 6.36. The maximum atomic E-state index is 12.4. The fraction of sp³-hybridized carbons (Fsp3) is 0.296. The molecule has 2 aliphatic rings. The molecule has 1 aromatic heterocycles. The number of carbonyl (C=O) groups excluding carboxylic acids is 2. The van der Waals surface area contributed by atoms with E-state index in [0.717, 1.165) is 30.1 Å². The number of carbonyl (C=O) groups is 2. The molecule has 2 unspecified atom stereocenters. The summed E-state index contributed by atoms with van der Waals surface area (Å²) in [5.41, 5.74) is 9.79. The van der Waals surface area contributed by atoms with E-state index in [-0.39, 0.29) is 12.5 Å². The third-order valence-corrected chi connectivity index (χ3v) is 6.36. The third kappa shape index (κ3) is 6.16. The van der Waals surface area contributed by atoms with Gasteiger partial charge in [-0.3, -0.25) is 15.1 Å². The van der Waals surface area contributed by atoms with Crippen LogP contribution in [0.1, 0.15) is 46.8 Å². The van der Waals surface area contributed by atoms with E-state index in [1.807, 2.05) is 12.1 Å². The van der Waals surface area contributed by atoms with Crippen LogP contribution in [0.2, 0.25) is 0 Å². The van der Waals surface area contributed by atoms with Crippen molar-refractivity contribution in [2.45, 2.75) is 37.8 Å². The number of hydrogen-bond donors (Lipinski definition) is 4. The lowest BCUT2D eigenvalue weighted by Crippen LogP contribution is -2.20. The minimum absolute atomic E-state index is 0.131. The molecule has 0 aliphatic heterocycles. The first-order chi connectivity index (χ1) is 17.0. The minimum atomic E-state index is -0.574. The molecule has 8 heteroatoms. The summed E-state index contributed by atoms with van der Waals surface area (Å²) in [5, 5.41) is 9.06. The maximum Gasteiger partial charge on any atom is 0.411 e. The molecule has 5 rings (SSSR count). The second kappa shape index (κ2) is 10.1. The molecule has 2 amide bonds. The Kier molecular flexibility index (Phi) is 6.63. The van der Waals surface area contributed by atoms with Gasteiger partial charge in [-0.25, -0.2) is 4.79 Å². The Bertz CT molecular complexity index is 1190. The number of aromatic nitrogens is 1. The summed E-state index contributed by atoms with van der Waals surface area (Å²) in [6, 6.07) is 18.1. The SMILES string of the molecule is Nc1ccccc1NC(=O)c1ccc(NC(=O)OCc2ccc(C3CC3NCC3CC3)nc2)cc1. The van der Waals surface area contributed by atoms with Crippen molar-refractivity contribution in [2.75, 3.05) is 22.9 Å². The van der Waals surface area contributed by atoms with E-state index in [4.69, 9.17) is 10.5 Å². The van der Waals surface area contributed by atoms with Crippen molar-refractivity contribution in [1.29, 1.82) is 0 Å². The number of pyridine rings is 1. The summed E-state index contributed by atoms with van der Waals surface area (Å²) in [5.74, 6) is 1.08. The van der Waals surface area contributed by atoms with E-state index < -0.39 is 6.09 Å². The van der Waals surface area contributed by atoms with Crippen LogP contribution >= 0.6 is 0 Å². The number of nitrogens with zero attached hydrogens (tertiary/aromatic N) is 1. The molecule has 1 heterocycles. The van der Waals surface area contributed by atoms with Gasteiger partial charge in [0.2, 0.25) is 0 Å². The standard InChI is InChI=1S/C27H29N5O3/c28-22-3-1-2-4-24(22)32-26(33)19-8-10-20(11-9-19)31-27(34)35-16-18-7-12-23(29-15-18)21-13-25(21)30-14-17-5-6-17/h1-4,7-12,15,17,21,25,30H,5-6,13-14,16,28H2,(H,31,34)(H,32,33). The monoisotopic (exact) mass is 471 g/mol. The summed E-state index contributed by atoms with van der Waals surface area (Å²) in [6.45, 7) is 1.26. The number of nitrogens with two attached hydrogens (primary N) is 1. The largest absolute Gasteiger partial charge is 0.444 e.